The van der Waals surface area contributed by atoms with Crippen LogP contribution in [-0.2, 0) is 25.4 Å². The molecule has 132 valence electrons. The summed E-state index contributed by atoms with van der Waals surface area (Å²) >= 11 is 1.07. The molecule has 0 atom stereocenters. The van der Waals surface area contributed by atoms with Crippen molar-refractivity contribution in [1.82, 2.24) is 27.4 Å². The van der Waals surface area contributed by atoms with E-state index in [0.29, 0.717) is 22.4 Å². The Hall–Kier alpha value is -3.34. The molecule has 0 aliphatic heterocycles. The van der Waals surface area contributed by atoms with Gasteiger partial charge in [0, 0.05) is 14.1 Å². The molecule has 0 aliphatic rings. The van der Waals surface area contributed by atoms with Gasteiger partial charge in [-0.15, -0.1) is 0 Å². The third kappa shape index (κ3) is 2.40. The summed E-state index contributed by atoms with van der Waals surface area (Å²) in [5.74, 6) is -0.335. The lowest BCUT2D eigenvalue weighted by atomic mass is 10.2. The highest BCUT2D eigenvalue weighted by molar-refractivity contribution is 7.00. The van der Waals surface area contributed by atoms with Crippen molar-refractivity contribution in [3.63, 3.8) is 0 Å². The summed E-state index contributed by atoms with van der Waals surface area (Å²) in [5.41, 5.74) is 1.31. The zero-order valence-corrected chi connectivity index (χ0v) is 14.6. The fourth-order valence-electron chi connectivity index (χ4n) is 2.81. The highest BCUT2D eigenvalue weighted by Crippen LogP contribution is 2.21. The number of nitrogens with zero attached hydrogens (tertiary/aromatic N) is 6. The molecule has 3 heterocycles. The molecule has 1 aromatic carbocycles. The second-order valence-corrected chi connectivity index (χ2v) is 6.26. The number of amides is 1. The maximum absolute atomic E-state index is 12.5. The van der Waals surface area contributed by atoms with Crippen LogP contribution >= 0.6 is 11.7 Å². The Morgan fingerprint density at radius 2 is 1.96 bits per heavy atom. The van der Waals surface area contributed by atoms with Crippen LogP contribution in [0.15, 0.2) is 34.1 Å². The summed E-state index contributed by atoms with van der Waals surface area (Å²) in [6.07, 6.45) is 1.37. The van der Waals surface area contributed by atoms with E-state index in [4.69, 9.17) is 0 Å². The van der Waals surface area contributed by atoms with Gasteiger partial charge in [-0.05, 0) is 12.1 Å². The highest BCUT2D eigenvalue weighted by Gasteiger charge is 2.16. The number of fused-ring (bicyclic) bond motifs is 2. The van der Waals surface area contributed by atoms with Crippen molar-refractivity contribution in [1.29, 1.82) is 0 Å². The van der Waals surface area contributed by atoms with E-state index in [0.717, 1.165) is 16.3 Å². The van der Waals surface area contributed by atoms with E-state index in [1.54, 1.807) is 12.1 Å². The smallest absolute Gasteiger partial charge is 0.323 e. The number of nitrogens with one attached hydrogen (secondary N) is 1. The van der Waals surface area contributed by atoms with Crippen molar-refractivity contribution in [2.75, 3.05) is 5.32 Å². The van der Waals surface area contributed by atoms with Crippen LogP contribution in [0.25, 0.3) is 22.2 Å². The van der Waals surface area contributed by atoms with Crippen molar-refractivity contribution < 1.29 is 4.79 Å². The predicted molar refractivity (Wildman–Crippen MR) is 96.3 cm³/mol. The lowest BCUT2D eigenvalue weighted by Crippen LogP contribution is -2.37. The normalized spacial score (nSPS) is 11.3. The Kier molecular flexibility index (Phi) is 3.65. The van der Waals surface area contributed by atoms with E-state index in [1.807, 2.05) is 6.07 Å². The van der Waals surface area contributed by atoms with Crippen LogP contribution in [0.3, 0.4) is 0 Å². The molecule has 4 rings (SSSR count). The molecule has 0 radical (unpaired) electrons. The number of hydrogen-bond acceptors (Lipinski definition) is 7. The number of hydrogen-bond donors (Lipinski definition) is 1. The van der Waals surface area contributed by atoms with Gasteiger partial charge in [0.15, 0.2) is 5.52 Å². The van der Waals surface area contributed by atoms with Crippen LogP contribution in [-0.4, -0.2) is 33.3 Å². The third-order valence-electron chi connectivity index (χ3n) is 4.08. The molecule has 0 fully saturated rings. The van der Waals surface area contributed by atoms with Gasteiger partial charge in [0.25, 0.3) is 5.56 Å². The number of aromatic nitrogens is 6. The molecule has 4 aromatic rings. The number of aryl methyl sites for hydroxylation is 1. The molecule has 0 bridgehead atoms. The topological polar surface area (TPSA) is 117 Å². The van der Waals surface area contributed by atoms with Gasteiger partial charge < -0.3 is 9.88 Å². The van der Waals surface area contributed by atoms with Crippen molar-refractivity contribution in [3.05, 3.63) is 45.4 Å². The first-order valence-electron chi connectivity index (χ1n) is 7.59. The van der Waals surface area contributed by atoms with Crippen LogP contribution in [0, 0.1) is 0 Å². The van der Waals surface area contributed by atoms with E-state index < -0.39 is 11.2 Å². The molecule has 0 saturated carbocycles. The summed E-state index contributed by atoms with van der Waals surface area (Å²) < 4.78 is 12.0. The van der Waals surface area contributed by atoms with Gasteiger partial charge in [0.2, 0.25) is 5.91 Å². The van der Waals surface area contributed by atoms with Gasteiger partial charge in [-0.25, -0.2) is 9.78 Å². The van der Waals surface area contributed by atoms with E-state index in [1.165, 1.54) is 29.6 Å². The molecule has 0 saturated heterocycles. The number of carbonyl (C=O) groups is 1. The van der Waals surface area contributed by atoms with Crippen LogP contribution < -0.4 is 16.6 Å². The molecule has 11 heteroatoms. The number of imidazole rings is 1. The molecular formula is C15H13N7O3S. The highest BCUT2D eigenvalue weighted by atomic mass is 32.1. The Balaban J connectivity index is 1.70. The van der Waals surface area contributed by atoms with E-state index >= 15 is 0 Å². The SMILES string of the molecule is Cn1c(=O)c2ncn(CC(=O)Nc3cccc4nsnc34)c2n(C)c1=O. The summed E-state index contributed by atoms with van der Waals surface area (Å²) in [5, 5.41) is 2.78. The average Bonchev–Trinajstić information content (AvgIpc) is 3.25. The third-order valence-corrected chi connectivity index (χ3v) is 4.63. The van der Waals surface area contributed by atoms with Crippen LogP contribution in [0.4, 0.5) is 5.69 Å². The van der Waals surface area contributed by atoms with Crippen molar-refractivity contribution in [2.45, 2.75) is 6.54 Å². The zero-order valence-electron chi connectivity index (χ0n) is 13.8. The van der Waals surface area contributed by atoms with Crippen molar-refractivity contribution in [2.24, 2.45) is 14.1 Å². The molecule has 1 N–H and O–H groups in total. The zero-order chi connectivity index (χ0) is 18.4. The van der Waals surface area contributed by atoms with Gasteiger partial charge in [-0.3, -0.25) is 18.7 Å². The maximum atomic E-state index is 12.5. The van der Waals surface area contributed by atoms with Crippen LogP contribution in [0.1, 0.15) is 0 Å². The molecule has 0 unspecified atom stereocenters. The number of carbonyl (C=O) groups excluding carboxylic acids is 1. The Labute approximate surface area is 149 Å². The maximum Gasteiger partial charge on any atom is 0.332 e. The first-order chi connectivity index (χ1) is 12.5. The first kappa shape index (κ1) is 16.1. The van der Waals surface area contributed by atoms with E-state index in [-0.39, 0.29) is 18.0 Å². The van der Waals surface area contributed by atoms with Gasteiger partial charge >= 0.3 is 5.69 Å². The number of rotatable bonds is 3. The molecule has 26 heavy (non-hydrogen) atoms. The van der Waals surface area contributed by atoms with Gasteiger partial charge in [-0.2, -0.15) is 8.75 Å². The molecular weight excluding hydrogens is 358 g/mol. The lowest BCUT2D eigenvalue weighted by molar-refractivity contribution is -0.116. The van der Waals surface area contributed by atoms with E-state index in [9.17, 15) is 14.4 Å². The Morgan fingerprint density at radius 3 is 2.77 bits per heavy atom. The minimum atomic E-state index is -0.499. The summed E-state index contributed by atoms with van der Waals surface area (Å²) in [6.45, 7) is -0.106. The van der Waals surface area contributed by atoms with Gasteiger partial charge in [-0.1, -0.05) is 6.07 Å². The minimum Gasteiger partial charge on any atom is -0.323 e. The van der Waals surface area contributed by atoms with Gasteiger partial charge in [0.05, 0.1) is 23.7 Å². The fourth-order valence-corrected chi connectivity index (χ4v) is 3.36. The largest absolute Gasteiger partial charge is 0.332 e. The fraction of sp³-hybridized carbons (Fsp3) is 0.200. The minimum absolute atomic E-state index is 0.106. The first-order valence-corrected chi connectivity index (χ1v) is 8.32. The predicted octanol–water partition coefficient (Wildman–Crippen LogP) is 0.0771. The van der Waals surface area contributed by atoms with Crippen molar-refractivity contribution >= 4 is 45.5 Å². The average molecular weight is 371 g/mol. The molecule has 0 spiro atoms. The Bertz CT molecular complexity index is 1280. The number of anilines is 1. The van der Waals surface area contributed by atoms with Crippen molar-refractivity contribution in [3.8, 4) is 0 Å². The summed E-state index contributed by atoms with van der Waals surface area (Å²) in [6, 6.07) is 5.32. The summed E-state index contributed by atoms with van der Waals surface area (Å²) in [7, 11) is 2.92. The quantitative estimate of drug-likeness (QED) is 0.545. The molecule has 10 nitrogen and oxygen atoms in total. The molecule has 1 amide bonds. The molecule has 0 aliphatic carbocycles. The van der Waals surface area contributed by atoms with Gasteiger partial charge in [0.1, 0.15) is 23.2 Å². The second-order valence-electron chi connectivity index (χ2n) is 5.74. The van der Waals surface area contributed by atoms with Crippen LogP contribution in [0.2, 0.25) is 0 Å². The Morgan fingerprint density at radius 1 is 1.15 bits per heavy atom. The molecule has 3 aromatic heterocycles. The monoisotopic (exact) mass is 371 g/mol. The summed E-state index contributed by atoms with van der Waals surface area (Å²) in [4.78, 5) is 40.8. The van der Waals surface area contributed by atoms with Crippen LogP contribution in [0.5, 0.6) is 0 Å². The lowest BCUT2D eigenvalue weighted by Gasteiger charge is -2.09. The van der Waals surface area contributed by atoms with E-state index in [2.05, 4.69) is 19.0 Å². The second kappa shape index (κ2) is 5.88. The number of benzene rings is 1. The standard InChI is InChI=1S/C15H13N7O3S/c1-20-13-12(14(24)21(2)15(20)25)16-7-22(13)6-10(23)17-8-4-3-5-9-11(8)19-26-18-9/h3-5,7H,6H2,1-2H3,(H,17,23).